The van der Waals surface area contributed by atoms with Gasteiger partial charge in [0.1, 0.15) is 0 Å². The van der Waals surface area contributed by atoms with E-state index in [4.69, 9.17) is 11.5 Å². The number of rotatable bonds is 12. The highest BCUT2D eigenvalue weighted by Crippen LogP contribution is 2.11. The fraction of sp³-hybridized carbons (Fsp3) is 0.857. The molecule has 1 unspecified atom stereocenters. The van der Waals surface area contributed by atoms with E-state index in [0.717, 1.165) is 38.5 Å². The van der Waals surface area contributed by atoms with Gasteiger partial charge in [0.25, 0.3) is 5.91 Å². The first-order valence-electron chi connectivity index (χ1n) is 7.16. The minimum atomic E-state index is -0.806. The van der Waals surface area contributed by atoms with Crippen molar-refractivity contribution in [1.82, 2.24) is 0 Å². The van der Waals surface area contributed by atoms with Crippen molar-refractivity contribution in [2.45, 2.75) is 77.2 Å². The molecule has 0 aromatic carbocycles. The second-order valence-electron chi connectivity index (χ2n) is 5.00. The van der Waals surface area contributed by atoms with E-state index in [1.165, 1.54) is 19.3 Å². The summed E-state index contributed by atoms with van der Waals surface area (Å²) in [4.78, 5) is 21.4. The van der Waals surface area contributed by atoms with Crippen LogP contribution in [0.4, 0.5) is 0 Å². The summed E-state index contributed by atoms with van der Waals surface area (Å²) in [6.07, 6.45) is 10.2. The summed E-state index contributed by atoms with van der Waals surface area (Å²) >= 11 is 0. The summed E-state index contributed by atoms with van der Waals surface area (Å²) in [6.45, 7) is 2.16. The third-order valence-electron chi connectivity index (χ3n) is 3.16. The highest BCUT2D eigenvalue weighted by Gasteiger charge is 2.07. The lowest BCUT2D eigenvalue weighted by molar-refractivity contribution is -0.136. The summed E-state index contributed by atoms with van der Waals surface area (Å²) in [5.41, 5.74) is 10.8. The lowest BCUT2D eigenvalue weighted by Gasteiger charge is -2.09. The molecule has 0 aliphatic rings. The van der Waals surface area contributed by atoms with Crippen LogP contribution < -0.4 is 11.5 Å². The first-order valence-corrected chi connectivity index (χ1v) is 7.16. The molecule has 0 aromatic rings. The molecule has 0 radical (unpaired) electrons. The Bertz CT molecular complexity index is 242. The topological polar surface area (TPSA) is 86.2 Å². The number of hydrogen-bond donors (Lipinski definition) is 2. The normalized spacial score (nSPS) is 12.3. The number of unbranched alkanes of at least 4 members (excludes halogenated alkanes) is 5. The molecule has 0 saturated heterocycles. The molecule has 0 heterocycles. The maximum absolute atomic E-state index is 10.9. The number of nitrogens with two attached hydrogens (primary N) is 2. The van der Waals surface area contributed by atoms with Gasteiger partial charge < -0.3 is 11.5 Å². The number of hydrogen-bond acceptors (Lipinski definition) is 3. The van der Waals surface area contributed by atoms with Crippen LogP contribution in [0.2, 0.25) is 0 Å². The van der Waals surface area contributed by atoms with Crippen LogP contribution in [0.5, 0.6) is 0 Å². The molecular weight excluding hydrogens is 228 g/mol. The molecule has 0 rings (SSSR count). The number of amides is 1. The molecule has 106 valence electrons. The predicted octanol–water partition coefficient (Wildman–Crippen LogP) is 2.29. The van der Waals surface area contributed by atoms with Crippen LogP contribution >= 0.6 is 0 Å². The van der Waals surface area contributed by atoms with Crippen molar-refractivity contribution >= 4 is 11.7 Å². The molecule has 0 saturated carbocycles. The molecule has 0 aromatic heterocycles. The number of Topliss-reactive ketones (excluding diaryl/α,β-unsaturated/α-hetero) is 1. The van der Waals surface area contributed by atoms with Crippen molar-refractivity contribution in [1.29, 1.82) is 0 Å². The Morgan fingerprint density at radius 3 is 2.06 bits per heavy atom. The van der Waals surface area contributed by atoms with Crippen LogP contribution in [-0.2, 0) is 9.59 Å². The van der Waals surface area contributed by atoms with E-state index in [0.29, 0.717) is 12.5 Å². The van der Waals surface area contributed by atoms with Crippen molar-refractivity contribution < 1.29 is 9.59 Å². The van der Waals surface area contributed by atoms with Crippen molar-refractivity contribution in [2.75, 3.05) is 0 Å². The Balaban J connectivity index is 3.21. The van der Waals surface area contributed by atoms with E-state index < -0.39 is 11.7 Å². The third kappa shape index (κ3) is 10.3. The molecule has 1 atom stereocenters. The molecular formula is C14H28N2O2. The number of ketones is 1. The Morgan fingerprint density at radius 2 is 1.50 bits per heavy atom. The maximum atomic E-state index is 10.9. The minimum absolute atomic E-state index is 0.302. The van der Waals surface area contributed by atoms with Crippen molar-refractivity contribution in [3.8, 4) is 0 Å². The molecule has 0 aliphatic heterocycles. The van der Waals surface area contributed by atoms with Crippen molar-refractivity contribution in [3.05, 3.63) is 0 Å². The van der Waals surface area contributed by atoms with Gasteiger partial charge in [-0.1, -0.05) is 45.4 Å². The zero-order valence-corrected chi connectivity index (χ0v) is 11.6. The fourth-order valence-corrected chi connectivity index (χ4v) is 2.04. The third-order valence-corrected chi connectivity index (χ3v) is 3.16. The molecule has 1 amide bonds. The summed E-state index contributed by atoms with van der Waals surface area (Å²) in [7, 11) is 0. The van der Waals surface area contributed by atoms with E-state index >= 15 is 0 Å². The van der Waals surface area contributed by atoms with Crippen LogP contribution in [0.15, 0.2) is 0 Å². The number of carbonyl (C=O) groups excluding carboxylic acids is 2. The van der Waals surface area contributed by atoms with Crippen molar-refractivity contribution in [2.24, 2.45) is 11.5 Å². The smallest absolute Gasteiger partial charge is 0.284 e. The van der Waals surface area contributed by atoms with Gasteiger partial charge in [0.15, 0.2) is 0 Å². The largest absolute Gasteiger partial charge is 0.363 e. The average molecular weight is 256 g/mol. The highest BCUT2D eigenvalue weighted by molar-refractivity contribution is 6.35. The number of carbonyl (C=O) groups is 2. The quantitative estimate of drug-likeness (QED) is 0.415. The molecule has 4 nitrogen and oxygen atoms in total. The van der Waals surface area contributed by atoms with Gasteiger partial charge >= 0.3 is 0 Å². The van der Waals surface area contributed by atoms with Crippen LogP contribution in [0.1, 0.15) is 71.1 Å². The van der Waals surface area contributed by atoms with Crippen LogP contribution in [0, 0.1) is 0 Å². The van der Waals surface area contributed by atoms with Crippen LogP contribution in [0.25, 0.3) is 0 Å². The first-order chi connectivity index (χ1) is 8.57. The summed E-state index contributed by atoms with van der Waals surface area (Å²) < 4.78 is 0. The van der Waals surface area contributed by atoms with E-state index in [2.05, 4.69) is 6.92 Å². The monoisotopic (exact) mass is 256 g/mol. The summed E-state index contributed by atoms with van der Waals surface area (Å²) in [5, 5.41) is 0. The Kier molecular flexibility index (Phi) is 10.6. The maximum Gasteiger partial charge on any atom is 0.284 e. The molecule has 0 spiro atoms. The first kappa shape index (κ1) is 17.1. The summed E-state index contributed by atoms with van der Waals surface area (Å²) in [5.74, 6) is -1.25. The molecule has 4 heteroatoms. The number of primary amides is 1. The SMILES string of the molecule is CCCC(N)CCCCCCCCC(=O)C(N)=O. The lowest BCUT2D eigenvalue weighted by Crippen LogP contribution is -2.22. The van der Waals surface area contributed by atoms with Gasteiger partial charge in [0.2, 0.25) is 5.78 Å². The fourth-order valence-electron chi connectivity index (χ4n) is 2.04. The van der Waals surface area contributed by atoms with Gasteiger partial charge in [-0.2, -0.15) is 0 Å². The van der Waals surface area contributed by atoms with E-state index in [1.54, 1.807) is 0 Å². The molecule has 4 N–H and O–H groups in total. The molecule has 0 aliphatic carbocycles. The van der Waals surface area contributed by atoms with E-state index in [1.807, 2.05) is 0 Å². The zero-order chi connectivity index (χ0) is 13.8. The van der Waals surface area contributed by atoms with Gasteiger partial charge in [-0.25, -0.2) is 0 Å². The minimum Gasteiger partial charge on any atom is -0.363 e. The van der Waals surface area contributed by atoms with E-state index in [-0.39, 0.29) is 0 Å². The predicted molar refractivity (Wildman–Crippen MR) is 74.0 cm³/mol. The van der Waals surface area contributed by atoms with Gasteiger partial charge in [0.05, 0.1) is 0 Å². The molecule has 18 heavy (non-hydrogen) atoms. The van der Waals surface area contributed by atoms with Gasteiger partial charge in [-0.3, -0.25) is 9.59 Å². The second-order valence-corrected chi connectivity index (χ2v) is 5.00. The Labute approximate surface area is 110 Å². The highest BCUT2D eigenvalue weighted by atomic mass is 16.2. The van der Waals surface area contributed by atoms with E-state index in [9.17, 15) is 9.59 Å². The van der Waals surface area contributed by atoms with Crippen molar-refractivity contribution in [3.63, 3.8) is 0 Å². The van der Waals surface area contributed by atoms with Gasteiger partial charge in [-0.15, -0.1) is 0 Å². The van der Waals surface area contributed by atoms with Crippen LogP contribution in [-0.4, -0.2) is 17.7 Å². The summed E-state index contributed by atoms with van der Waals surface area (Å²) in [6, 6.07) is 0.364. The zero-order valence-electron chi connectivity index (χ0n) is 11.6. The Hall–Kier alpha value is -0.900. The average Bonchev–Trinajstić information content (AvgIpc) is 2.32. The second kappa shape index (κ2) is 11.2. The molecule has 0 bridgehead atoms. The standard InChI is InChI=1S/C14H28N2O2/c1-2-9-12(15)10-7-5-3-4-6-8-11-13(17)14(16)18/h12H,2-11,15H2,1H3,(H2,16,18). The Morgan fingerprint density at radius 1 is 0.944 bits per heavy atom. The lowest BCUT2D eigenvalue weighted by atomic mass is 10.0. The molecule has 0 fully saturated rings. The van der Waals surface area contributed by atoms with Gasteiger partial charge in [-0.05, 0) is 19.3 Å². The van der Waals surface area contributed by atoms with Gasteiger partial charge in [0, 0.05) is 12.5 Å². The van der Waals surface area contributed by atoms with Crippen LogP contribution in [0.3, 0.4) is 0 Å².